The summed E-state index contributed by atoms with van der Waals surface area (Å²) in [6, 6.07) is 0.937. The zero-order valence-corrected chi connectivity index (χ0v) is 10.9. The maximum Gasteiger partial charge on any atom is 0.330 e. The predicted octanol–water partition coefficient (Wildman–Crippen LogP) is 3.12. The van der Waals surface area contributed by atoms with Gasteiger partial charge in [-0.25, -0.2) is 4.79 Å². The zero-order valence-electron chi connectivity index (χ0n) is 9.95. The van der Waals surface area contributed by atoms with Gasteiger partial charge >= 0.3 is 5.97 Å². The first-order valence-electron chi connectivity index (χ1n) is 5.34. The SMILES string of the molecule is C=C[Si](C=C)(C=C)CCCOC(=O)C=CC. The second kappa shape index (κ2) is 7.88. The summed E-state index contributed by atoms with van der Waals surface area (Å²) in [6.07, 6.45) is 3.90. The Kier molecular flexibility index (Phi) is 7.21. The Morgan fingerprint density at radius 1 is 1.25 bits per heavy atom. The van der Waals surface area contributed by atoms with Crippen LogP contribution in [0.3, 0.4) is 0 Å². The molecule has 88 valence electrons. The van der Waals surface area contributed by atoms with E-state index < -0.39 is 8.07 Å². The summed E-state index contributed by atoms with van der Waals surface area (Å²) >= 11 is 0. The second-order valence-corrected chi connectivity index (χ2v) is 7.45. The molecule has 0 aromatic heterocycles. The van der Waals surface area contributed by atoms with Crippen LogP contribution in [0, 0.1) is 0 Å². The van der Waals surface area contributed by atoms with Crippen LogP contribution in [-0.2, 0) is 9.53 Å². The average Bonchev–Trinajstić information content (AvgIpc) is 2.31. The minimum Gasteiger partial charge on any atom is -0.463 e. The molecule has 0 radical (unpaired) electrons. The summed E-state index contributed by atoms with van der Waals surface area (Å²) < 4.78 is 5.00. The number of esters is 1. The lowest BCUT2D eigenvalue weighted by molar-refractivity contribution is -0.137. The number of carbonyl (C=O) groups is 1. The highest BCUT2D eigenvalue weighted by Crippen LogP contribution is 2.16. The maximum absolute atomic E-state index is 11.0. The van der Waals surface area contributed by atoms with Gasteiger partial charge in [0.25, 0.3) is 0 Å². The lowest BCUT2D eigenvalue weighted by Crippen LogP contribution is -2.26. The van der Waals surface area contributed by atoms with E-state index in [0.29, 0.717) is 6.61 Å². The van der Waals surface area contributed by atoms with Crippen LogP contribution in [0.2, 0.25) is 6.04 Å². The van der Waals surface area contributed by atoms with Crippen LogP contribution in [0.25, 0.3) is 0 Å². The van der Waals surface area contributed by atoms with Crippen LogP contribution < -0.4 is 0 Å². The van der Waals surface area contributed by atoms with Gasteiger partial charge < -0.3 is 4.74 Å². The van der Waals surface area contributed by atoms with Crippen molar-refractivity contribution in [1.29, 1.82) is 0 Å². The number of carbonyl (C=O) groups excluding carboxylic acids is 1. The second-order valence-electron chi connectivity index (χ2n) is 3.50. The average molecular weight is 236 g/mol. The summed E-state index contributed by atoms with van der Waals surface area (Å²) in [6.45, 7) is 13.7. The van der Waals surface area contributed by atoms with Gasteiger partial charge in [-0.1, -0.05) is 23.2 Å². The topological polar surface area (TPSA) is 26.3 Å². The van der Waals surface area contributed by atoms with Gasteiger partial charge in [0.15, 0.2) is 0 Å². The Hall–Kier alpha value is -1.35. The van der Waals surface area contributed by atoms with E-state index in [1.54, 1.807) is 13.0 Å². The van der Waals surface area contributed by atoms with Gasteiger partial charge in [-0.3, -0.25) is 0 Å². The molecule has 16 heavy (non-hydrogen) atoms. The highest BCUT2D eigenvalue weighted by molar-refractivity contribution is 6.93. The van der Waals surface area contributed by atoms with Crippen molar-refractivity contribution in [2.45, 2.75) is 19.4 Å². The first-order valence-corrected chi connectivity index (χ1v) is 7.78. The molecule has 0 saturated carbocycles. The Morgan fingerprint density at radius 3 is 2.25 bits per heavy atom. The van der Waals surface area contributed by atoms with Crippen molar-refractivity contribution in [2.24, 2.45) is 0 Å². The first kappa shape index (κ1) is 14.6. The molecule has 2 nitrogen and oxygen atoms in total. The fourth-order valence-corrected chi connectivity index (χ4v) is 3.16. The molecule has 0 aliphatic heterocycles. The summed E-state index contributed by atoms with van der Waals surface area (Å²) in [7, 11) is -1.73. The van der Waals surface area contributed by atoms with E-state index >= 15 is 0 Å². The number of hydrogen-bond acceptors (Lipinski definition) is 2. The number of allylic oxidation sites excluding steroid dienone is 1. The standard InChI is InChI=1S/C13H20O2Si/c1-5-10-13(14)15-11-9-12-16(6-2,7-3)8-4/h5-8,10H,2-4,9,11-12H2,1H3. The van der Waals surface area contributed by atoms with Gasteiger partial charge in [-0.15, -0.1) is 19.7 Å². The van der Waals surface area contributed by atoms with E-state index in [-0.39, 0.29) is 5.97 Å². The van der Waals surface area contributed by atoms with Gasteiger partial charge in [0.1, 0.15) is 8.07 Å². The molecule has 0 rings (SSSR count). The fraction of sp³-hybridized carbons (Fsp3) is 0.308. The highest BCUT2D eigenvalue weighted by Gasteiger charge is 2.20. The molecule has 0 aromatic carbocycles. The monoisotopic (exact) mass is 236 g/mol. The molecule has 0 heterocycles. The van der Waals surface area contributed by atoms with Gasteiger partial charge in [0, 0.05) is 6.08 Å². The molecule has 0 saturated heterocycles. The van der Waals surface area contributed by atoms with Crippen LogP contribution >= 0.6 is 0 Å². The molecular formula is C13H20O2Si. The first-order chi connectivity index (χ1) is 7.64. The third-order valence-electron chi connectivity index (χ3n) is 2.44. The Morgan fingerprint density at radius 2 is 1.81 bits per heavy atom. The molecule has 0 amide bonds. The van der Waals surface area contributed by atoms with Crippen molar-refractivity contribution < 1.29 is 9.53 Å². The van der Waals surface area contributed by atoms with Crippen LogP contribution in [0.15, 0.2) is 49.0 Å². The van der Waals surface area contributed by atoms with E-state index in [0.717, 1.165) is 12.5 Å². The van der Waals surface area contributed by atoms with E-state index in [4.69, 9.17) is 4.74 Å². The van der Waals surface area contributed by atoms with E-state index in [1.165, 1.54) is 6.08 Å². The van der Waals surface area contributed by atoms with Crippen molar-refractivity contribution in [3.63, 3.8) is 0 Å². The normalized spacial score (nSPS) is 11.1. The minimum absolute atomic E-state index is 0.287. The zero-order chi connectivity index (χ0) is 12.4. The van der Waals surface area contributed by atoms with Crippen LogP contribution in [0.4, 0.5) is 0 Å². The molecule has 0 unspecified atom stereocenters. The van der Waals surface area contributed by atoms with Gasteiger partial charge in [-0.05, 0) is 19.4 Å². The van der Waals surface area contributed by atoms with Crippen LogP contribution in [-0.4, -0.2) is 20.7 Å². The fourth-order valence-electron chi connectivity index (χ4n) is 1.29. The quantitative estimate of drug-likeness (QED) is 0.280. The van der Waals surface area contributed by atoms with Gasteiger partial charge in [0.2, 0.25) is 0 Å². The molecule has 0 bridgehead atoms. The third kappa shape index (κ3) is 4.93. The molecule has 0 aromatic rings. The van der Waals surface area contributed by atoms with Crippen molar-refractivity contribution in [2.75, 3.05) is 6.61 Å². The lowest BCUT2D eigenvalue weighted by atomic mass is 10.5. The maximum atomic E-state index is 11.0. The lowest BCUT2D eigenvalue weighted by Gasteiger charge is -2.18. The molecule has 0 fully saturated rings. The Bertz CT molecular complexity index is 271. The van der Waals surface area contributed by atoms with Gasteiger partial charge in [-0.2, -0.15) is 0 Å². The summed E-state index contributed by atoms with van der Waals surface area (Å²) in [5.74, 6) is -0.287. The summed E-state index contributed by atoms with van der Waals surface area (Å²) in [4.78, 5) is 11.0. The molecule has 3 heteroatoms. The Balaban J connectivity index is 3.97. The molecule has 0 spiro atoms. The minimum atomic E-state index is -1.73. The molecular weight excluding hydrogens is 216 g/mol. The third-order valence-corrected chi connectivity index (χ3v) is 5.94. The van der Waals surface area contributed by atoms with Crippen molar-refractivity contribution in [3.8, 4) is 0 Å². The smallest absolute Gasteiger partial charge is 0.330 e. The molecule has 0 atom stereocenters. The van der Waals surface area contributed by atoms with Crippen molar-refractivity contribution in [3.05, 3.63) is 49.0 Å². The van der Waals surface area contributed by atoms with E-state index in [9.17, 15) is 4.79 Å². The molecule has 0 aliphatic carbocycles. The predicted molar refractivity (Wildman–Crippen MR) is 71.5 cm³/mol. The summed E-state index contributed by atoms with van der Waals surface area (Å²) in [5, 5.41) is 0. The Labute approximate surface area is 99.0 Å². The molecule has 0 N–H and O–H groups in total. The van der Waals surface area contributed by atoms with Crippen molar-refractivity contribution >= 4 is 14.0 Å². The number of hydrogen-bond donors (Lipinski definition) is 0. The van der Waals surface area contributed by atoms with Crippen molar-refractivity contribution in [1.82, 2.24) is 0 Å². The van der Waals surface area contributed by atoms with Crippen LogP contribution in [0.1, 0.15) is 13.3 Å². The van der Waals surface area contributed by atoms with E-state index in [2.05, 4.69) is 19.7 Å². The van der Waals surface area contributed by atoms with Crippen LogP contribution in [0.5, 0.6) is 0 Å². The summed E-state index contributed by atoms with van der Waals surface area (Å²) in [5.41, 5.74) is 5.84. The molecule has 0 aliphatic rings. The van der Waals surface area contributed by atoms with Gasteiger partial charge in [0.05, 0.1) is 6.61 Å². The number of ether oxygens (including phenoxy) is 1. The highest BCUT2D eigenvalue weighted by atomic mass is 28.3. The number of rotatable bonds is 8. The largest absolute Gasteiger partial charge is 0.463 e. The van der Waals surface area contributed by atoms with E-state index in [1.807, 2.05) is 17.1 Å².